The first-order chi connectivity index (χ1) is 7.22. The molecule has 2 unspecified atom stereocenters. The Morgan fingerprint density at radius 3 is 2.20 bits per heavy atom. The lowest BCUT2D eigenvalue weighted by Gasteiger charge is -2.12. The maximum atomic E-state index is 3.79. The molecule has 2 rings (SSSR count). The highest BCUT2D eigenvalue weighted by Gasteiger charge is 2.30. The third kappa shape index (κ3) is 2.63. The van der Waals surface area contributed by atoms with E-state index in [1.54, 1.807) is 0 Å². The molecule has 0 N–H and O–H groups in total. The molecule has 0 bridgehead atoms. The van der Waals surface area contributed by atoms with Gasteiger partial charge in [0.1, 0.15) is 0 Å². The van der Waals surface area contributed by atoms with Crippen molar-refractivity contribution < 1.29 is 0 Å². The zero-order valence-corrected chi connectivity index (χ0v) is 11.1. The molecule has 2 atom stereocenters. The highest BCUT2D eigenvalue weighted by Crippen LogP contribution is 2.46. The third-order valence-corrected chi connectivity index (χ3v) is 4.75. The van der Waals surface area contributed by atoms with Gasteiger partial charge in [-0.05, 0) is 42.2 Å². The van der Waals surface area contributed by atoms with Crippen LogP contribution < -0.4 is 0 Å². The Bertz CT molecular complexity index is 311. The minimum atomic E-state index is 0.587. The Morgan fingerprint density at radius 1 is 1.20 bits per heavy atom. The summed E-state index contributed by atoms with van der Waals surface area (Å²) in [7, 11) is 0. The maximum Gasteiger partial charge on any atom is 0.0423 e. The molecule has 1 fully saturated rings. The van der Waals surface area contributed by atoms with Gasteiger partial charge in [-0.15, -0.1) is 0 Å². The lowest BCUT2D eigenvalue weighted by atomic mass is 9.96. The molecule has 0 amide bonds. The molecule has 0 saturated heterocycles. The Morgan fingerprint density at radius 2 is 1.73 bits per heavy atom. The van der Waals surface area contributed by atoms with E-state index in [-0.39, 0.29) is 0 Å². The van der Waals surface area contributed by atoms with Crippen LogP contribution in [-0.2, 0) is 0 Å². The molecule has 0 heterocycles. The van der Waals surface area contributed by atoms with Gasteiger partial charge >= 0.3 is 0 Å². The van der Waals surface area contributed by atoms with E-state index in [1.165, 1.54) is 30.4 Å². The second-order valence-corrected chi connectivity index (χ2v) is 5.70. The molecular weight excluding hydrogens is 248 g/mol. The van der Waals surface area contributed by atoms with E-state index in [1.807, 2.05) is 0 Å². The molecule has 0 aliphatic heterocycles. The van der Waals surface area contributed by atoms with Crippen molar-refractivity contribution in [2.75, 3.05) is 0 Å². The van der Waals surface area contributed by atoms with Crippen LogP contribution in [-0.4, -0.2) is 0 Å². The summed E-state index contributed by atoms with van der Waals surface area (Å²) in [5.41, 5.74) is 2.92. The number of halogens is 1. The molecule has 0 aromatic heterocycles. The summed E-state index contributed by atoms with van der Waals surface area (Å²) in [4.78, 5) is 0.587. The van der Waals surface area contributed by atoms with Gasteiger partial charge in [-0.25, -0.2) is 0 Å². The smallest absolute Gasteiger partial charge is 0.0423 e. The van der Waals surface area contributed by atoms with Crippen LogP contribution in [0.4, 0.5) is 0 Å². The summed E-state index contributed by atoms with van der Waals surface area (Å²) in [5, 5.41) is 0. The number of benzene rings is 1. The zero-order chi connectivity index (χ0) is 10.8. The standard InChI is InChI=1S/C14H19Br/c1-3-10(2)11-4-6-12(7-5-11)14(15)13-8-9-13/h4-7,10,13-14H,3,8-9H2,1-2H3. The molecule has 1 aromatic carbocycles. The van der Waals surface area contributed by atoms with E-state index in [0.717, 1.165) is 5.92 Å². The van der Waals surface area contributed by atoms with Crippen LogP contribution in [0.25, 0.3) is 0 Å². The fourth-order valence-corrected chi connectivity index (χ4v) is 2.74. The average molecular weight is 267 g/mol. The van der Waals surface area contributed by atoms with Gasteiger partial charge in [0.25, 0.3) is 0 Å². The Hall–Kier alpha value is -0.300. The highest BCUT2D eigenvalue weighted by atomic mass is 79.9. The van der Waals surface area contributed by atoms with Gasteiger partial charge in [-0.3, -0.25) is 0 Å². The molecule has 1 aromatic rings. The monoisotopic (exact) mass is 266 g/mol. The quantitative estimate of drug-likeness (QED) is 0.670. The number of hydrogen-bond donors (Lipinski definition) is 0. The highest BCUT2D eigenvalue weighted by molar-refractivity contribution is 9.09. The second kappa shape index (κ2) is 4.69. The molecule has 15 heavy (non-hydrogen) atoms. The minimum Gasteiger partial charge on any atom is -0.0836 e. The average Bonchev–Trinajstić information content (AvgIpc) is 3.11. The predicted octanol–water partition coefficient (Wildman–Crippen LogP) is 5.05. The SMILES string of the molecule is CCC(C)c1ccc(C(Br)C2CC2)cc1. The van der Waals surface area contributed by atoms with Crippen molar-refractivity contribution in [1.29, 1.82) is 0 Å². The van der Waals surface area contributed by atoms with Crippen LogP contribution in [0, 0.1) is 5.92 Å². The van der Waals surface area contributed by atoms with Crippen molar-refractivity contribution in [2.24, 2.45) is 5.92 Å². The van der Waals surface area contributed by atoms with Gasteiger partial charge < -0.3 is 0 Å². The summed E-state index contributed by atoms with van der Waals surface area (Å²) in [6.07, 6.45) is 4.01. The normalized spacial score (nSPS) is 19.9. The fraction of sp³-hybridized carbons (Fsp3) is 0.571. The molecule has 82 valence electrons. The number of rotatable bonds is 4. The van der Waals surface area contributed by atoms with Crippen LogP contribution in [0.2, 0.25) is 0 Å². The number of hydrogen-bond acceptors (Lipinski definition) is 0. The first-order valence-electron chi connectivity index (χ1n) is 5.96. The summed E-state index contributed by atoms with van der Waals surface area (Å²) < 4.78 is 0. The fourth-order valence-electron chi connectivity index (χ4n) is 1.91. The van der Waals surface area contributed by atoms with Crippen LogP contribution >= 0.6 is 15.9 Å². The van der Waals surface area contributed by atoms with Gasteiger partial charge in [0.05, 0.1) is 0 Å². The minimum absolute atomic E-state index is 0.587. The third-order valence-electron chi connectivity index (χ3n) is 3.47. The summed E-state index contributed by atoms with van der Waals surface area (Å²) in [6.45, 7) is 4.54. The van der Waals surface area contributed by atoms with Crippen LogP contribution in [0.15, 0.2) is 24.3 Å². The van der Waals surface area contributed by atoms with Gasteiger partial charge in [0, 0.05) is 4.83 Å². The largest absolute Gasteiger partial charge is 0.0836 e. The second-order valence-electron chi connectivity index (χ2n) is 4.72. The van der Waals surface area contributed by atoms with Crippen LogP contribution in [0.5, 0.6) is 0 Å². The molecule has 0 radical (unpaired) electrons. The predicted molar refractivity (Wildman–Crippen MR) is 69.5 cm³/mol. The van der Waals surface area contributed by atoms with Gasteiger partial charge in [0.2, 0.25) is 0 Å². The number of alkyl halides is 1. The first kappa shape index (κ1) is 11.2. The molecule has 1 aliphatic carbocycles. The van der Waals surface area contributed by atoms with E-state index in [0.29, 0.717) is 10.7 Å². The molecule has 1 aliphatic rings. The van der Waals surface area contributed by atoms with Crippen LogP contribution in [0.1, 0.15) is 55.0 Å². The summed E-state index contributed by atoms with van der Waals surface area (Å²) in [5.74, 6) is 1.58. The van der Waals surface area contributed by atoms with Crippen molar-refractivity contribution in [3.05, 3.63) is 35.4 Å². The van der Waals surface area contributed by atoms with Crippen molar-refractivity contribution in [2.45, 2.75) is 43.9 Å². The van der Waals surface area contributed by atoms with Crippen LogP contribution in [0.3, 0.4) is 0 Å². The molecule has 1 saturated carbocycles. The van der Waals surface area contributed by atoms with Gasteiger partial charge in [-0.1, -0.05) is 54.0 Å². The van der Waals surface area contributed by atoms with Crippen molar-refractivity contribution >= 4 is 15.9 Å². The molecule has 0 spiro atoms. The van der Waals surface area contributed by atoms with E-state index in [2.05, 4.69) is 54.0 Å². The first-order valence-corrected chi connectivity index (χ1v) is 6.88. The van der Waals surface area contributed by atoms with Crippen molar-refractivity contribution in [3.63, 3.8) is 0 Å². The van der Waals surface area contributed by atoms with Gasteiger partial charge in [0.15, 0.2) is 0 Å². The van der Waals surface area contributed by atoms with E-state index >= 15 is 0 Å². The zero-order valence-electron chi connectivity index (χ0n) is 9.54. The van der Waals surface area contributed by atoms with E-state index < -0.39 is 0 Å². The topological polar surface area (TPSA) is 0 Å². The van der Waals surface area contributed by atoms with Crippen molar-refractivity contribution in [3.8, 4) is 0 Å². The lowest BCUT2D eigenvalue weighted by molar-refractivity contribution is 0.732. The van der Waals surface area contributed by atoms with E-state index in [9.17, 15) is 0 Å². The Balaban J connectivity index is 2.09. The lowest BCUT2D eigenvalue weighted by Crippen LogP contribution is -1.95. The molecule has 1 heteroatoms. The summed E-state index contributed by atoms with van der Waals surface area (Å²) in [6, 6.07) is 9.17. The van der Waals surface area contributed by atoms with E-state index in [4.69, 9.17) is 0 Å². The molecular formula is C14H19Br. The van der Waals surface area contributed by atoms with Gasteiger partial charge in [-0.2, -0.15) is 0 Å². The summed E-state index contributed by atoms with van der Waals surface area (Å²) >= 11 is 3.79. The Labute approximate surface area is 101 Å². The Kier molecular flexibility index (Phi) is 3.50. The molecule has 0 nitrogen and oxygen atoms in total. The maximum absolute atomic E-state index is 3.79. The van der Waals surface area contributed by atoms with Crippen molar-refractivity contribution in [1.82, 2.24) is 0 Å².